The van der Waals surface area contributed by atoms with E-state index in [1.807, 2.05) is 32.0 Å². The Kier molecular flexibility index (Phi) is 6.74. The van der Waals surface area contributed by atoms with E-state index >= 15 is 0 Å². The molecule has 0 fully saturated rings. The Morgan fingerprint density at radius 1 is 0.913 bits per heavy atom. The van der Waals surface area contributed by atoms with Crippen molar-refractivity contribution >= 4 is 12.2 Å². The lowest BCUT2D eigenvalue weighted by Crippen LogP contribution is -1.98. The number of benzene rings is 2. The maximum atomic E-state index is 5.74. The number of rotatable bonds is 8. The standard InChI is InChI=1S/C21H25O2/c1-4-9-17-10-7-11-18(16-17)14-15-19-20(22-5-2)12-8-13-21(19)23-6-3/h7-8,10-16H,1,4-6,9H2,2-3H3. The van der Waals surface area contributed by atoms with Crippen molar-refractivity contribution in [1.82, 2.24) is 0 Å². The SMILES string of the molecule is [CH2]CCc1cccc(C=Cc2c(OCC)cccc2OCC)c1. The van der Waals surface area contributed by atoms with E-state index in [9.17, 15) is 0 Å². The Labute approximate surface area is 139 Å². The van der Waals surface area contributed by atoms with Gasteiger partial charge in [-0.3, -0.25) is 0 Å². The van der Waals surface area contributed by atoms with Gasteiger partial charge in [0.15, 0.2) is 0 Å². The third-order valence-electron chi connectivity index (χ3n) is 3.48. The summed E-state index contributed by atoms with van der Waals surface area (Å²) < 4.78 is 11.5. The molecule has 2 heteroatoms. The zero-order valence-electron chi connectivity index (χ0n) is 14.0. The number of hydrogen-bond acceptors (Lipinski definition) is 2. The first kappa shape index (κ1) is 17.1. The molecule has 2 aromatic carbocycles. The summed E-state index contributed by atoms with van der Waals surface area (Å²) in [7, 11) is 0. The first-order valence-corrected chi connectivity index (χ1v) is 8.23. The van der Waals surface area contributed by atoms with Crippen molar-refractivity contribution in [2.24, 2.45) is 0 Å². The third-order valence-corrected chi connectivity index (χ3v) is 3.48. The highest BCUT2D eigenvalue weighted by molar-refractivity contribution is 5.76. The summed E-state index contributed by atoms with van der Waals surface area (Å²) in [6, 6.07) is 14.4. The van der Waals surface area contributed by atoms with Crippen LogP contribution in [0.1, 0.15) is 37.0 Å². The summed E-state index contributed by atoms with van der Waals surface area (Å²) in [5.41, 5.74) is 3.47. The Hall–Kier alpha value is -2.22. The summed E-state index contributed by atoms with van der Waals surface area (Å²) in [5, 5.41) is 0. The lowest BCUT2D eigenvalue weighted by Gasteiger charge is -2.12. The molecule has 23 heavy (non-hydrogen) atoms. The van der Waals surface area contributed by atoms with Crippen LogP contribution in [-0.2, 0) is 6.42 Å². The molecule has 0 heterocycles. The molecular weight excluding hydrogens is 284 g/mol. The highest BCUT2D eigenvalue weighted by Gasteiger charge is 2.07. The summed E-state index contributed by atoms with van der Waals surface area (Å²) in [4.78, 5) is 0. The molecule has 2 rings (SSSR count). The van der Waals surface area contributed by atoms with Crippen molar-refractivity contribution in [3.63, 3.8) is 0 Å². The average molecular weight is 309 g/mol. The topological polar surface area (TPSA) is 18.5 Å². The fourth-order valence-corrected chi connectivity index (χ4v) is 2.49. The van der Waals surface area contributed by atoms with Gasteiger partial charge in [0.25, 0.3) is 0 Å². The fraction of sp³-hybridized carbons (Fsp3) is 0.286. The van der Waals surface area contributed by atoms with E-state index in [1.54, 1.807) is 0 Å². The van der Waals surface area contributed by atoms with E-state index in [0.29, 0.717) is 13.2 Å². The van der Waals surface area contributed by atoms with Gasteiger partial charge in [0, 0.05) is 0 Å². The second-order valence-electron chi connectivity index (χ2n) is 5.22. The average Bonchev–Trinajstić information content (AvgIpc) is 2.55. The maximum Gasteiger partial charge on any atom is 0.130 e. The monoisotopic (exact) mass is 309 g/mol. The summed E-state index contributed by atoms with van der Waals surface area (Å²) in [5.74, 6) is 1.70. The molecule has 0 spiro atoms. The molecule has 0 bridgehead atoms. The van der Waals surface area contributed by atoms with E-state index in [1.165, 1.54) is 11.1 Å². The van der Waals surface area contributed by atoms with E-state index < -0.39 is 0 Å². The van der Waals surface area contributed by atoms with Crippen LogP contribution >= 0.6 is 0 Å². The summed E-state index contributed by atoms with van der Waals surface area (Å²) >= 11 is 0. The van der Waals surface area contributed by atoms with Crippen molar-refractivity contribution in [2.45, 2.75) is 26.7 Å². The molecule has 0 aliphatic carbocycles. The molecule has 0 aliphatic heterocycles. The molecule has 0 saturated heterocycles. The minimum Gasteiger partial charge on any atom is -0.493 e. The smallest absolute Gasteiger partial charge is 0.130 e. The van der Waals surface area contributed by atoms with Crippen molar-refractivity contribution in [2.75, 3.05) is 13.2 Å². The highest BCUT2D eigenvalue weighted by atomic mass is 16.5. The van der Waals surface area contributed by atoms with Crippen LogP contribution < -0.4 is 9.47 Å². The van der Waals surface area contributed by atoms with Crippen molar-refractivity contribution < 1.29 is 9.47 Å². The van der Waals surface area contributed by atoms with Crippen LogP contribution in [0.25, 0.3) is 12.2 Å². The number of ether oxygens (including phenoxy) is 2. The molecule has 2 aromatic rings. The van der Waals surface area contributed by atoms with Crippen LogP contribution in [0.4, 0.5) is 0 Å². The lowest BCUT2D eigenvalue weighted by atomic mass is 10.1. The van der Waals surface area contributed by atoms with E-state index in [0.717, 1.165) is 29.9 Å². The van der Waals surface area contributed by atoms with Gasteiger partial charge in [-0.05, 0) is 56.0 Å². The van der Waals surface area contributed by atoms with Gasteiger partial charge in [0.1, 0.15) is 11.5 Å². The zero-order chi connectivity index (χ0) is 16.5. The van der Waals surface area contributed by atoms with Gasteiger partial charge in [-0.15, -0.1) is 0 Å². The molecule has 0 unspecified atom stereocenters. The molecule has 1 radical (unpaired) electrons. The van der Waals surface area contributed by atoms with Gasteiger partial charge in [-0.25, -0.2) is 0 Å². The molecule has 0 N–H and O–H groups in total. The Morgan fingerprint density at radius 2 is 1.57 bits per heavy atom. The zero-order valence-corrected chi connectivity index (χ0v) is 14.0. The van der Waals surface area contributed by atoms with Gasteiger partial charge < -0.3 is 9.47 Å². The molecule has 0 aliphatic rings. The minimum atomic E-state index is 0.634. The molecule has 0 atom stereocenters. The molecule has 0 saturated carbocycles. The highest BCUT2D eigenvalue weighted by Crippen LogP contribution is 2.30. The normalized spacial score (nSPS) is 10.9. The lowest BCUT2D eigenvalue weighted by molar-refractivity contribution is 0.322. The predicted molar refractivity (Wildman–Crippen MR) is 97.8 cm³/mol. The number of hydrogen-bond donors (Lipinski definition) is 0. The van der Waals surface area contributed by atoms with Gasteiger partial charge in [-0.2, -0.15) is 0 Å². The Bertz CT molecular complexity index is 620. The van der Waals surface area contributed by atoms with Gasteiger partial charge in [0.05, 0.1) is 18.8 Å². The van der Waals surface area contributed by atoms with Crippen molar-refractivity contribution in [1.29, 1.82) is 0 Å². The van der Waals surface area contributed by atoms with E-state index in [2.05, 4.69) is 43.3 Å². The second-order valence-corrected chi connectivity index (χ2v) is 5.22. The molecule has 121 valence electrons. The molecule has 0 amide bonds. The number of aryl methyl sites for hydroxylation is 1. The van der Waals surface area contributed by atoms with Crippen LogP contribution in [0.15, 0.2) is 42.5 Å². The van der Waals surface area contributed by atoms with Gasteiger partial charge >= 0.3 is 0 Å². The minimum absolute atomic E-state index is 0.634. The molecule has 0 aromatic heterocycles. The maximum absolute atomic E-state index is 5.74. The van der Waals surface area contributed by atoms with Crippen molar-refractivity contribution in [3.05, 3.63) is 66.1 Å². The second kappa shape index (κ2) is 9.04. The Balaban J connectivity index is 2.31. The van der Waals surface area contributed by atoms with Gasteiger partial charge in [-0.1, -0.05) is 43.3 Å². The molecule has 2 nitrogen and oxygen atoms in total. The Morgan fingerprint density at radius 3 is 2.17 bits per heavy atom. The first-order chi connectivity index (χ1) is 11.3. The molecular formula is C21H25O2. The third kappa shape index (κ3) is 4.88. The van der Waals surface area contributed by atoms with E-state index in [-0.39, 0.29) is 0 Å². The fourth-order valence-electron chi connectivity index (χ4n) is 2.49. The predicted octanol–water partition coefficient (Wildman–Crippen LogP) is 5.42. The van der Waals surface area contributed by atoms with Crippen LogP contribution in [0.2, 0.25) is 0 Å². The quantitative estimate of drug-likeness (QED) is 0.606. The largest absolute Gasteiger partial charge is 0.493 e. The van der Waals surface area contributed by atoms with Gasteiger partial charge in [0.2, 0.25) is 0 Å². The summed E-state index contributed by atoms with van der Waals surface area (Å²) in [6.07, 6.45) is 6.09. The first-order valence-electron chi connectivity index (χ1n) is 8.23. The van der Waals surface area contributed by atoms with Crippen molar-refractivity contribution in [3.8, 4) is 11.5 Å². The van der Waals surface area contributed by atoms with E-state index in [4.69, 9.17) is 9.47 Å². The van der Waals surface area contributed by atoms with Crippen LogP contribution in [-0.4, -0.2) is 13.2 Å². The van der Waals surface area contributed by atoms with Crippen LogP contribution in [0.5, 0.6) is 11.5 Å². The summed E-state index contributed by atoms with van der Waals surface area (Å²) in [6.45, 7) is 9.16. The van der Waals surface area contributed by atoms with Crippen LogP contribution in [0.3, 0.4) is 0 Å². The van der Waals surface area contributed by atoms with Crippen LogP contribution in [0, 0.1) is 6.92 Å².